The summed E-state index contributed by atoms with van der Waals surface area (Å²) in [5.74, 6) is 1.40. The summed E-state index contributed by atoms with van der Waals surface area (Å²) in [6.07, 6.45) is 13.1. The van der Waals surface area contributed by atoms with Gasteiger partial charge in [0.05, 0.1) is 74.5 Å². The highest BCUT2D eigenvalue weighted by atomic mass is 16.5. The third-order valence-corrected chi connectivity index (χ3v) is 17.8. The van der Waals surface area contributed by atoms with Gasteiger partial charge in [-0.2, -0.15) is 0 Å². The van der Waals surface area contributed by atoms with Gasteiger partial charge in [0.15, 0.2) is 0 Å². The number of aromatic amines is 2. The van der Waals surface area contributed by atoms with Gasteiger partial charge in [0.1, 0.15) is 22.7 Å². The van der Waals surface area contributed by atoms with Crippen LogP contribution in [0.25, 0.3) is 33.6 Å². The van der Waals surface area contributed by atoms with E-state index in [0.29, 0.717) is 12.8 Å². The molecule has 2 saturated carbocycles. The number of benzene rings is 2. The van der Waals surface area contributed by atoms with Gasteiger partial charge < -0.3 is 49.3 Å². The summed E-state index contributed by atoms with van der Waals surface area (Å²) in [7, 11) is 2.69. The van der Waals surface area contributed by atoms with Gasteiger partial charge >= 0.3 is 12.2 Å². The zero-order chi connectivity index (χ0) is 50.6. The lowest BCUT2D eigenvalue weighted by molar-refractivity contribution is -0.153. The maximum atomic E-state index is 15.0. The minimum Gasteiger partial charge on any atom is -0.453 e. The first-order chi connectivity index (χ1) is 34.6. The maximum absolute atomic E-state index is 15.0. The molecule has 6 fully saturated rings. The first-order valence-electron chi connectivity index (χ1n) is 26.6. The predicted octanol–water partition coefficient (Wildman–Crippen LogP) is 9.65. The standard InChI is InChI=1S/C56H74N8O8/c1-31-15-25-45(63(31)51(65)55(5,61-53(67)69-7)41-27-33(3)71-47-13-9-11-39(41)47)49-57-29-43(59-49)37-21-17-35(18-22-37)36-19-23-38(24-20-36)44-30-58-50(60-44)46-26-16-32(2)64(46)52(66)56(6,62-54(68)70-8)42-28-34(4)72-48-14-10-12-40(42)48/h17-24,29-34,39-42,45-48H,9-16,25-28H2,1-8H3,(H,57,59)(H,58,60)(H,61,67)(H,62,68)/t31-,32-,33+,34+,39-,40-,41?,42?,45-,46-,47-,48-,55-,56-/m0/s1. The van der Waals surface area contributed by atoms with E-state index in [2.05, 4.69) is 96.8 Å². The summed E-state index contributed by atoms with van der Waals surface area (Å²) in [6.45, 7) is 12.1. The van der Waals surface area contributed by atoms with Gasteiger partial charge in [-0.3, -0.25) is 9.59 Å². The van der Waals surface area contributed by atoms with Crippen LogP contribution in [0.3, 0.4) is 0 Å². The maximum Gasteiger partial charge on any atom is 0.407 e. The number of likely N-dealkylation sites (tertiary alicyclic amines) is 2. The third-order valence-electron chi connectivity index (χ3n) is 17.8. The zero-order valence-electron chi connectivity index (χ0n) is 43.2. The zero-order valence-corrected chi connectivity index (χ0v) is 43.2. The monoisotopic (exact) mass is 987 g/mol. The number of alkyl carbamates (subject to hydrolysis) is 2. The molecule has 2 unspecified atom stereocenters. The van der Waals surface area contributed by atoms with Crippen LogP contribution in [0.2, 0.25) is 0 Å². The Kier molecular flexibility index (Phi) is 13.8. The molecule has 14 atom stereocenters. The Balaban J connectivity index is 0.827. The molecule has 16 nitrogen and oxygen atoms in total. The minimum absolute atomic E-state index is 0.0177. The third kappa shape index (κ3) is 9.08. The van der Waals surface area contributed by atoms with Crippen molar-refractivity contribution in [2.75, 3.05) is 14.2 Å². The highest BCUT2D eigenvalue weighted by Gasteiger charge is 2.57. The van der Waals surface area contributed by atoms with E-state index in [-0.39, 0.29) is 84.1 Å². The van der Waals surface area contributed by atoms with Gasteiger partial charge in [0.2, 0.25) is 11.8 Å². The number of hydrogen-bond donors (Lipinski definition) is 4. The van der Waals surface area contributed by atoms with Crippen molar-refractivity contribution in [3.8, 4) is 33.6 Å². The van der Waals surface area contributed by atoms with E-state index in [1.54, 1.807) is 0 Å². The minimum atomic E-state index is -1.18. The number of nitrogens with one attached hydrogen (secondary N) is 4. The molecule has 16 heteroatoms. The van der Waals surface area contributed by atoms with Crippen LogP contribution in [-0.4, -0.2) is 116 Å². The molecule has 0 radical (unpaired) electrons. The summed E-state index contributed by atoms with van der Waals surface area (Å²) >= 11 is 0. The number of amides is 4. The second-order valence-electron chi connectivity index (χ2n) is 22.3. The number of imidazole rings is 2. The van der Waals surface area contributed by atoms with Gasteiger partial charge in [-0.05, 0) is 152 Å². The van der Waals surface area contributed by atoms with Crippen LogP contribution in [-0.2, 0) is 28.5 Å². The molecule has 10 rings (SSSR count). The Hall–Kier alpha value is -5.74. The van der Waals surface area contributed by atoms with Crippen LogP contribution in [0, 0.1) is 23.7 Å². The van der Waals surface area contributed by atoms with Crippen molar-refractivity contribution in [1.82, 2.24) is 40.4 Å². The number of nitrogens with zero attached hydrogens (tertiary/aromatic N) is 4. The van der Waals surface area contributed by atoms with E-state index in [1.165, 1.54) is 14.2 Å². The predicted molar refractivity (Wildman–Crippen MR) is 271 cm³/mol. The highest BCUT2D eigenvalue weighted by molar-refractivity contribution is 5.92. The number of carbonyl (C=O) groups excluding carboxylic acids is 4. The SMILES string of the molecule is COC(=O)N[C@](C)(C(=O)N1[C@@H](C)CC[C@H]1c1ncc(-c2ccc(-c3ccc(-c4cnc([C@@H]5CC[C@H](C)N5C(=O)[C@@](C)(NC(=O)OC)C5C[C@@H](C)O[C@H]6CCC[C@@H]56)[nH]4)cc3)cc2)[nH]1)C1C[C@@H](C)O[C@H]2CCC[C@@H]12. The number of H-pyrrole nitrogens is 2. The molecular formula is C56H74N8O8. The first-order valence-corrected chi connectivity index (χ1v) is 26.6. The number of aromatic nitrogens is 4. The molecule has 2 aromatic heterocycles. The normalized spacial score (nSPS) is 31.8. The fourth-order valence-electron chi connectivity index (χ4n) is 14.1. The fourth-order valence-corrected chi connectivity index (χ4v) is 14.1. The van der Waals surface area contributed by atoms with Gasteiger partial charge in [0, 0.05) is 12.1 Å². The summed E-state index contributed by atoms with van der Waals surface area (Å²) in [6, 6.07) is 16.1. The van der Waals surface area contributed by atoms with Crippen molar-refractivity contribution in [3.63, 3.8) is 0 Å². The molecule has 6 heterocycles. The number of ether oxygens (including phenoxy) is 4. The van der Waals surface area contributed by atoms with E-state index >= 15 is 9.59 Å². The lowest BCUT2D eigenvalue weighted by atomic mass is 9.70. The number of methoxy groups -OCH3 is 2. The molecule has 4 N–H and O–H groups in total. The molecular weight excluding hydrogens is 913 g/mol. The number of fused-ring (bicyclic) bond motifs is 2. The van der Waals surface area contributed by atoms with Crippen LogP contribution in [0.4, 0.5) is 9.59 Å². The largest absolute Gasteiger partial charge is 0.453 e. The van der Waals surface area contributed by atoms with Crippen molar-refractivity contribution in [1.29, 1.82) is 0 Å². The van der Waals surface area contributed by atoms with Gasteiger partial charge in [-0.1, -0.05) is 61.4 Å². The molecule has 4 amide bonds. The second-order valence-corrected chi connectivity index (χ2v) is 22.3. The molecule has 4 saturated heterocycles. The Bertz CT molecular complexity index is 2440. The number of carbonyl (C=O) groups is 4. The van der Waals surface area contributed by atoms with Crippen molar-refractivity contribution >= 4 is 24.0 Å². The van der Waals surface area contributed by atoms with Crippen LogP contribution in [0.1, 0.15) is 142 Å². The second kappa shape index (κ2) is 19.9. The number of rotatable bonds is 11. The number of hydrogen-bond acceptors (Lipinski definition) is 10. The summed E-state index contributed by atoms with van der Waals surface area (Å²) in [4.78, 5) is 76.8. The van der Waals surface area contributed by atoms with Crippen LogP contribution in [0.15, 0.2) is 60.9 Å². The summed E-state index contributed by atoms with van der Waals surface area (Å²) in [5, 5.41) is 6.10. The average Bonchev–Trinajstić information content (AvgIpc) is 4.25. The van der Waals surface area contributed by atoms with E-state index in [1.807, 2.05) is 36.0 Å². The van der Waals surface area contributed by atoms with Gasteiger partial charge in [-0.15, -0.1) is 0 Å². The van der Waals surface area contributed by atoms with Gasteiger partial charge in [0.25, 0.3) is 0 Å². The molecule has 0 spiro atoms. The van der Waals surface area contributed by atoms with Crippen molar-refractivity contribution in [2.24, 2.45) is 23.7 Å². The quantitative estimate of drug-likeness (QED) is 0.112. The molecule has 72 heavy (non-hydrogen) atoms. The van der Waals surface area contributed by atoms with E-state index in [4.69, 9.17) is 28.9 Å². The Morgan fingerprint density at radius 1 is 0.569 bits per heavy atom. The molecule has 6 aliphatic rings. The molecule has 386 valence electrons. The van der Waals surface area contributed by atoms with Crippen LogP contribution < -0.4 is 10.6 Å². The van der Waals surface area contributed by atoms with E-state index in [9.17, 15) is 9.59 Å². The topological polar surface area (TPSA) is 193 Å². The lowest BCUT2D eigenvalue weighted by Gasteiger charge is -2.48. The molecule has 2 aliphatic carbocycles. The van der Waals surface area contributed by atoms with Gasteiger partial charge in [-0.25, -0.2) is 19.6 Å². The average molecular weight is 987 g/mol. The van der Waals surface area contributed by atoms with Crippen molar-refractivity contribution < 1.29 is 38.1 Å². The van der Waals surface area contributed by atoms with E-state index < -0.39 is 23.3 Å². The molecule has 4 aromatic rings. The Morgan fingerprint density at radius 2 is 0.944 bits per heavy atom. The van der Waals surface area contributed by atoms with Crippen molar-refractivity contribution in [3.05, 3.63) is 72.6 Å². The Labute approximate surface area is 423 Å². The van der Waals surface area contributed by atoms with E-state index in [0.717, 1.165) is 109 Å². The van der Waals surface area contributed by atoms with Crippen molar-refractivity contribution in [2.45, 2.75) is 178 Å². The summed E-state index contributed by atoms with van der Waals surface area (Å²) in [5.41, 5.74) is 3.42. The fraction of sp³-hybridized carbons (Fsp3) is 0.607. The lowest BCUT2D eigenvalue weighted by Crippen LogP contribution is -2.65. The van der Waals surface area contributed by atoms with Crippen LogP contribution >= 0.6 is 0 Å². The molecule has 4 aliphatic heterocycles. The molecule has 0 bridgehead atoms. The Morgan fingerprint density at radius 3 is 1.32 bits per heavy atom. The first kappa shape index (κ1) is 49.8. The smallest absolute Gasteiger partial charge is 0.407 e. The van der Waals surface area contributed by atoms with Crippen LogP contribution in [0.5, 0.6) is 0 Å². The summed E-state index contributed by atoms with van der Waals surface area (Å²) < 4.78 is 22.9. The molecule has 2 aromatic carbocycles. The highest BCUT2D eigenvalue weighted by Crippen LogP contribution is 2.50.